The van der Waals surface area contributed by atoms with E-state index in [1.807, 2.05) is 13.8 Å². The molecule has 0 saturated heterocycles. The number of imidazole rings is 1. The number of likely N-dealkylation sites (N-methyl/N-ethyl adjacent to an activating group) is 1. The molecule has 0 N–H and O–H groups in total. The largest absolute Gasteiger partial charge is 0.434 e. The molecular formula is C27H25ClF4N8O. The number of amides is 1. The Kier molecular flexibility index (Phi) is 6.51. The maximum absolute atomic E-state index is 15.6. The first kappa shape index (κ1) is 27.2. The van der Waals surface area contributed by atoms with E-state index in [0.29, 0.717) is 52.0 Å². The maximum Gasteiger partial charge on any atom is 0.434 e. The molecular weight excluding hydrogens is 564 g/mol. The van der Waals surface area contributed by atoms with Gasteiger partial charge in [-0.15, -0.1) is 0 Å². The average molecular weight is 589 g/mol. The number of benzene rings is 1. The molecule has 2 aliphatic heterocycles. The number of hydrogen-bond donors (Lipinski definition) is 0. The van der Waals surface area contributed by atoms with Crippen LogP contribution in [0.5, 0.6) is 0 Å². The monoisotopic (exact) mass is 588 g/mol. The summed E-state index contributed by atoms with van der Waals surface area (Å²) in [5, 5.41) is 4.70. The molecule has 0 saturated carbocycles. The van der Waals surface area contributed by atoms with Crippen LogP contribution in [0.4, 0.5) is 29.1 Å². The van der Waals surface area contributed by atoms with E-state index >= 15 is 4.39 Å². The van der Waals surface area contributed by atoms with Crippen LogP contribution in [0.1, 0.15) is 43.1 Å². The second-order valence-corrected chi connectivity index (χ2v) is 10.9. The Morgan fingerprint density at radius 1 is 1.15 bits per heavy atom. The van der Waals surface area contributed by atoms with Gasteiger partial charge in [-0.05, 0) is 43.9 Å². The molecule has 0 radical (unpaired) electrons. The number of halogens is 5. The molecule has 0 fully saturated rings. The molecule has 14 heteroatoms. The number of nitrogens with zero attached hydrogens (tertiary/aromatic N) is 8. The van der Waals surface area contributed by atoms with Gasteiger partial charge in [0.15, 0.2) is 17.3 Å². The SMILES string of the molecule is CC(C)n1ncc(Cl)c1-c1ncc2c(n1)N(Cc1cc(F)c3c(c1)CCCn1cc(C(F)(F)F)nc1-3)CC(=O)N2C. The van der Waals surface area contributed by atoms with E-state index in [1.165, 1.54) is 21.7 Å². The average Bonchev–Trinajstić information content (AvgIpc) is 3.46. The molecule has 0 spiro atoms. The summed E-state index contributed by atoms with van der Waals surface area (Å²) in [4.78, 5) is 29.0. The van der Waals surface area contributed by atoms with Crippen LogP contribution in [-0.4, -0.2) is 48.8 Å². The second-order valence-electron chi connectivity index (χ2n) is 10.4. The zero-order chi connectivity index (χ0) is 29.2. The number of aryl methyl sites for hydroxylation is 2. The van der Waals surface area contributed by atoms with Crippen molar-refractivity contribution in [1.82, 2.24) is 29.3 Å². The van der Waals surface area contributed by atoms with Crippen molar-refractivity contribution < 1.29 is 22.4 Å². The highest BCUT2D eigenvalue weighted by atomic mass is 35.5. The van der Waals surface area contributed by atoms with Crippen molar-refractivity contribution in [1.29, 1.82) is 0 Å². The summed E-state index contributed by atoms with van der Waals surface area (Å²) in [7, 11) is 1.63. The molecule has 1 aromatic carbocycles. The summed E-state index contributed by atoms with van der Waals surface area (Å²) >= 11 is 6.43. The fraction of sp³-hybridized carbons (Fsp3) is 0.370. The molecule has 5 heterocycles. The number of anilines is 2. The molecule has 2 aliphatic rings. The van der Waals surface area contributed by atoms with Crippen LogP contribution in [0.2, 0.25) is 5.02 Å². The molecule has 0 aliphatic carbocycles. The molecule has 6 rings (SSSR count). The highest BCUT2D eigenvalue weighted by Crippen LogP contribution is 2.38. The van der Waals surface area contributed by atoms with Crippen molar-refractivity contribution in [2.45, 2.75) is 52.0 Å². The van der Waals surface area contributed by atoms with Crippen LogP contribution in [0.3, 0.4) is 0 Å². The van der Waals surface area contributed by atoms with Gasteiger partial charge >= 0.3 is 6.18 Å². The van der Waals surface area contributed by atoms with Crippen LogP contribution < -0.4 is 9.80 Å². The van der Waals surface area contributed by atoms with Gasteiger partial charge in [0.25, 0.3) is 0 Å². The number of alkyl halides is 3. The fourth-order valence-corrected chi connectivity index (χ4v) is 5.56. The number of fused-ring (bicyclic) bond motifs is 4. The third-order valence-corrected chi connectivity index (χ3v) is 7.58. The summed E-state index contributed by atoms with van der Waals surface area (Å²) in [5.74, 6) is -0.115. The second kappa shape index (κ2) is 9.82. The van der Waals surface area contributed by atoms with Crippen LogP contribution in [-0.2, 0) is 30.5 Å². The predicted octanol–water partition coefficient (Wildman–Crippen LogP) is 5.53. The summed E-state index contributed by atoms with van der Waals surface area (Å²) in [6, 6.07) is 3.04. The molecule has 0 unspecified atom stereocenters. The Balaban J connectivity index is 1.39. The Bertz CT molecular complexity index is 1680. The number of hydrogen-bond acceptors (Lipinski definition) is 6. The van der Waals surface area contributed by atoms with E-state index in [2.05, 4.69) is 15.1 Å². The van der Waals surface area contributed by atoms with Gasteiger partial charge in [0.1, 0.15) is 23.0 Å². The van der Waals surface area contributed by atoms with Gasteiger partial charge < -0.3 is 14.4 Å². The summed E-state index contributed by atoms with van der Waals surface area (Å²) in [5.41, 5.74) is 1.15. The van der Waals surface area contributed by atoms with E-state index in [4.69, 9.17) is 16.6 Å². The van der Waals surface area contributed by atoms with Crippen molar-refractivity contribution >= 4 is 29.0 Å². The quantitative estimate of drug-likeness (QED) is 0.292. The first-order valence-corrected chi connectivity index (χ1v) is 13.4. The molecule has 4 aromatic rings. The molecule has 0 bridgehead atoms. The minimum absolute atomic E-state index is 0.0113. The van der Waals surface area contributed by atoms with Crippen molar-refractivity contribution in [3.05, 3.63) is 58.4 Å². The van der Waals surface area contributed by atoms with E-state index in [1.54, 1.807) is 28.9 Å². The van der Waals surface area contributed by atoms with Crippen LogP contribution in [0.15, 0.2) is 30.7 Å². The molecule has 3 aromatic heterocycles. The lowest BCUT2D eigenvalue weighted by Crippen LogP contribution is -2.44. The fourth-order valence-electron chi connectivity index (χ4n) is 5.35. The van der Waals surface area contributed by atoms with Gasteiger partial charge in [-0.3, -0.25) is 9.48 Å². The maximum atomic E-state index is 15.6. The highest BCUT2D eigenvalue weighted by Gasteiger charge is 2.36. The van der Waals surface area contributed by atoms with Gasteiger partial charge in [0.2, 0.25) is 5.91 Å². The molecule has 0 atom stereocenters. The minimum Gasteiger partial charge on any atom is -0.341 e. The van der Waals surface area contributed by atoms with Crippen LogP contribution >= 0.6 is 11.6 Å². The molecule has 41 heavy (non-hydrogen) atoms. The highest BCUT2D eigenvalue weighted by molar-refractivity contribution is 6.32. The lowest BCUT2D eigenvalue weighted by molar-refractivity contribution is -0.140. The zero-order valence-electron chi connectivity index (χ0n) is 22.4. The molecule has 214 valence electrons. The van der Waals surface area contributed by atoms with Crippen molar-refractivity contribution in [3.8, 4) is 22.9 Å². The van der Waals surface area contributed by atoms with Crippen molar-refractivity contribution in [3.63, 3.8) is 0 Å². The van der Waals surface area contributed by atoms with E-state index in [-0.39, 0.29) is 43.0 Å². The third-order valence-electron chi connectivity index (χ3n) is 7.30. The van der Waals surface area contributed by atoms with Gasteiger partial charge in [-0.2, -0.15) is 18.3 Å². The number of carbonyl (C=O) groups is 1. The van der Waals surface area contributed by atoms with Crippen molar-refractivity contribution in [2.24, 2.45) is 0 Å². The molecule has 9 nitrogen and oxygen atoms in total. The Labute approximate surface area is 237 Å². The topological polar surface area (TPSA) is 85.0 Å². The first-order chi connectivity index (χ1) is 19.4. The predicted molar refractivity (Wildman–Crippen MR) is 144 cm³/mol. The Hall–Kier alpha value is -4.00. The Morgan fingerprint density at radius 3 is 2.66 bits per heavy atom. The smallest absolute Gasteiger partial charge is 0.341 e. The first-order valence-electron chi connectivity index (χ1n) is 13.0. The standard InChI is InChI=1S/C27H25ClF4N8O/c1-14(2)40-23(17(28)9-34-40)24-33-10-19-25(36-24)39(13-21(41)37(19)3)11-15-7-16-5-4-6-38-12-20(27(30,31)32)35-26(38)22(16)18(29)8-15/h7-10,12,14H,4-6,11,13H2,1-3H3. The van der Waals surface area contributed by atoms with Gasteiger partial charge in [-0.1, -0.05) is 17.7 Å². The minimum atomic E-state index is -4.63. The van der Waals surface area contributed by atoms with E-state index in [0.717, 1.165) is 6.20 Å². The summed E-state index contributed by atoms with van der Waals surface area (Å²) in [6.07, 6.45) is 0.356. The lowest BCUT2D eigenvalue weighted by atomic mass is 9.99. The van der Waals surface area contributed by atoms with E-state index < -0.39 is 17.7 Å². The number of aromatic nitrogens is 6. The normalized spacial score (nSPS) is 15.2. The number of rotatable bonds is 4. The van der Waals surface area contributed by atoms with Crippen LogP contribution in [0.25, 0.3) is 22.9 Å². The van der Waals surface area contributed by atoms with Gasteiger partial charge in [-0.25, -0.2) is 19.3 Å². The summed E-state index contributed by atoms with van der Waals surface area (Å²) < 4.78 is 58.7. The van der Waals surface area contributed by atoms with E-state index in [9.17, 15) is 18.0 Å². The zero-order valence-corrected chi connectivity index (χ0v) is 23.1. The van der Waals surface area contributed by atoms with Gasteiger partial charge in [0, 0.05) is 32.4 Å². The summed E-state index contributed by atoms with van der Waals surface area (Å²) in [6.45, 7) is 4.31. The lowest BCUT2D eigenvalue weighted by Gasteiger charge is -2.34. The molecule has 1 amide bonds. The van der Waals surface area contributed by atoms with Crippen molar-refractivity contribution in [2.75, 3.05) is 23.4 Å². The third kappa shape index (κ3) is 4.71. The van der Waals surface area contributed by atoms with Gasteiger partial charge in [0.05, 0.1) is 29.5 Å². The van der Waals surface area contributed by atoms with Crippen LogP contribution in [0, 0.1) is 5.82 Å². The Morgan fingerprint density at radius 2 is 1.93 bits per heavy atom. The number of carbonyl (C=O) groups excluding carboxylic acids is 1.